The number of benzene rings is 2. The molecule has 0 aliphatic rings. The van der Waals surface area contributed by atoms with Gasteiger partial charge in [0.2, 0.25) is 0 Å². The number of nitrogens with one attached hydrogen (secondary N) is 1. The topological polar surface area (TPSA) is 88.1 Å². The summed E-state index contributed by atoms with van der Waals surface area (Å²) in [6.45, 7) is 1.85. The quantitative estimate of drug-likeness (QED) is 0.843. The lowest BCUT2D eigenvalue weighted by Crippen LogP contribution is -2.12. The van der Waals surface area contributed by atoms with Crippen molar-refractivity contribution < 1.29 is 9.53 Å². The van der Waals surface area contributed by atoms with Crippen LogP contribution in [0.4, 0.5) is 11.4 Å². The molecule has 5 nitrogen and oxygen atoms in total. The SMILES string of the molecule is Cc1cc(C(=O)Nc2ccc(OCC#N)cc2)ccc1N. The molecule has 0 atom stereocenters. The van der Waals surface area contributed by atoms with E-state index in [0.717, 1.165) is 5.56 Å². The first-order chi connectivity index (χ1) is 10.1. The van der Waals surface area contributed by atoms with Gasteiger partial charge in [-0.2, -0.15) is 5.26 Å². The van der Waals surface area contributed by atoms with Gasteiger partial charge < -0.3 is 15.8 Å². The van der Waals surface area contributed by atoms with Crippen LogP contribution in [-0.4, -0.2) is 12.5 Å². The number of nitrogens with two attached hydrogens (primary N) is 1. The van der Waals surface area contributed by atoms with Gasteiger partial charge in [0.05, 0.1) is 0 Å². The predicted octanol–water partition coefficient (Wildman–Crippen LogP) is 2.73. The zero-order valence-corrected chi connectivity index (χ0v) is 11.6. The molecule has 0 aliphatic heterocycles. The van der Waals surface area contributed by atoms with Gasteiger partial charge in [-0.1, -0.05) is 0 Å². The van der Waals surface area contributed by atoms with Gasteiger partial charge in [0, 0.05) is 16.9 Å². The van der Waals surface area contributed by atoms with Crippen molar-refractivity contribution in [3.05, 3.63) is 53.6 Å². The Morgan fingerprint density at radius 1 is 1.29 bits per heavy atom. The molecular weight excluding hydrogens is 266 g/mol. The van der Waals surface area contributed by atoms with Crippen LogP contribution < -0.4 is 15.8 Å². The zero-order valence-electron chi connectivity index (χ0n) is 11.6. The van der Waals surface area contributed by atoms with Gasteiger partial charge in [-0.25, -0.2) is 0 Å². The number of nitrogen functional groups attached to an aromatic ring is 1. The van der Waals surface area contributed by atoms with Crippen molar-refractivity contribution in [2.75, 3.05) is 17.7 Å². The van der Waals surface area contributed by atoms with Gasteiger partial charge in [-0.05, 0) is 55.0 Å². The minimum atomic E-state index is -0.205. The van der Waals surface area contributed by atoms with Crippen molar-refractivity contribution in [2.24, 2.45) is 0 Å². The van der Waals surface area contributed by atoms with E-state index in [1.165, 1.54) is 0 Å². The molecule has 0 saturated carbocycles. The average molecular weight is 281 g/mol. The fourth-order valence-corrected chi connectivity index (χ4v) is 1.77. The van der Waals surface area contributed by atoms with Crippen molar-refractivity contribution in [3.63, 3.8) is 0 Å². The number of rotatable bonds is 4. The highest BCUT2D eigenvalue weighted by molar-refractivity contribution is 6.04. The number of ether oxygens (including phenoxy) is 1. The minimum absolute atomic E-state index is 0.00355. The summed E-state index contributed by atoms with van der Waals surface area (Å²) in [6, 6.07) is 13.9. The summed E-state index contributed by atoms with van der Waals surface area (Å²) in [7, 11) is 0. The first kappa shape index (κ1) is 14.4. The second-order valence-corrected chi connectivity index (χ2v) is 4.50. The number of hydrogen-bond donors (Lipinski definition) is 2. The number of carbonyl (C=O) groups excluding carboxylic acids is 1. The summed E-state index contributed by atoms with van der Waals surface area (Å²) in [5.74, 6) is 0.377. The van der Waals surface area contributed by atoms with Crippen LogP contribution in [-0.2, 0) is 0 Å². The highest BCUT2D eigenvalue weighted by Gasteiger charge is 2.07. The lowest BCUT2D eigenvalue weighted by Gasteiger charge is -2.08. The lowest BCUT2D eigenvalue weighted by molar-refractivity contribution is 0.102. The first-order valence-electron chi connectivity index (χ1n) is 6.37. The highest BCUT2D eigenvalue weighted by Crippen LogP contribution is 2.18. The molecule has 5 heteroatoms. The molecule has 2 aromatic rings. The third-order valence-corrected chi connectivity index (χ3v) is 2.95. The van der Waals surface area contributed by atoms with E-state index in [9.17, 15) is 4.79 Å². The summed E-state index contributed by atoms with van der Waals surface area (Å²) >= 11 is 0. The van der Waals surface area contributed by atoms with Crippen LogP contribution in [0.5, 0.6) is 5.75 Å². The van der Waals surface area contributed by atoms with Crippen LogP contribution in [0.25, 0.3) is 0 Å². The second-order valence-electron chi connectivity index (χ2n) is 4.50. The summed E-state index contributed by atoms with van der Waals surface area (Å²) in [4.78, 5) is 12.1. The molecule has 1 amide bonds. The number of amides is 1. The number of nitriles is 1. The largest absolute Gasteiger partial charge is 0.479 e. The van der Waals surface area contributed by atoms with Crippen molar-refractivity contribution >= 4 is 17.3 Å². The Labute approximate surface area is 123 Å². The van der Waals surface area contributed by atoms with Crippen LogP contribution >= 0.6 is 0 Å². The number of aryl methyl sites for hydroxylation is 1. The monoisotopic (exact) mass is 281 g/mol. The van der Waals surface area contributed by atoms with Gasteiger partial charge in [-0.15, -0.1) is 0 Å². The van der Waals surface area contributed by atoms with E-state index in [2.05, 4.69) is 5.32 Å². The summed E-state index contributed by atoms with van der Waals surface area (Å²) < 4.78 is 5.14. The molecule has 21 heavy (non-hydrogen) atoms. The summed E-state index contributed by atoms with van der Waals surface area (Å²) in [5, 5.41) is 11.2. The van der Waals surface area contributed by atoms with Gasteiger partial charge in [-0.3, -0.25) is 4.79 Å². The van der Waals surface area contributed by atoms with Gasteiger partial charge in [0.15, 0.2) is 6.61 Å². The van der Waals surface area contributed by atoms with E-state index in [1.54, 1.807) is 42.5 Å². The molecule has 0 fully saturated rings. The van der Waals surface area contributed by atoms with Crippen molar-refractivity contribution in [2.45, 2.75) is 6.92 Å². The third kappa shape index (κ3) is 3.74. The maximum absolute atomic E-state index is 12.1. The first-order valence-corrected chi connectivity index (χ1v) is 6.37. The highest BCUT2D eigenvalue weighted by atomic mass is 16.5. The minimum Gasteiger partial charge on any atom is -0.479 e. The molecular formula is C16H15N3O2. The van der Waals surface area contributed by atoms with Crippen molar-refractivity contribution in [3.8, 4) is 11.8 Å². The maximum Gasteiger partial charge on any atom is 0.255 e. The molecule has 0 bridgehead atoms. The number of nitrogens with zero attached hydrogens (tertiary/aromatic N) is 1. The molecule has 0 aromatic heterocycles. The lowest BCUT2D eigenvalue weighted by atomic mass is 10.1. The molecule has 0 saturated heterocycles. The molecule has 2 rings (SSSR count). The number of anilines is 2. The van der Waals surface area contributed by atoms with E-state index in [4.69, 9.17) is 15.7 Å². The third-order valence-electron chi connectivity index (χ3n) is 2.95. The molecule has 106 valence electrons. The van der Waals surface area contributed by atoms with Crippen molar-refractivity contribution in [1.82, 2.24) is 0 Å². The maximum atomic E-state index is 12.1. The van der Waals surface area contributed by atoms with E-state index in [-0.39, 0.29) is 12.5 Å². The Balaban J connectivity index is 2.05. The molecule has 2 aromatic carbocycles. The summed E-state index contributed by atoms with van der Waals surface area (Å²) in [5.41, 5.74) is 8.45. The second kappa shape index (κ2) is 6.44. The molecule has 0 heterocycles. The Morgan fingerprint density at radius 3 is 2.62 bits per heavy atom. The Bertz CT molecular complexity index is 688. The molecule has 0 spiro atoms. The van der Waals surface area contributed by atoms with Crippen LogP contribution in [0.1, 0.15) is 15.9 Å². The average Bonchev–Trinajstić information content (AvgIpc) is 2.49. The number of carbonyl (C=O) groups is 1. The standard InChI is InChI=1S/C16H15N3O2/c1-11-10-12(2-7-15(11)18)16(20)19-13-3-5-14(6-4-13)21-9-8-17/h2-7,10H,9,18H2,1H3,(H,19,20). The fourth-order valence-electron chi connectivity index (χ4n) is 1.77. The van der Waals surface area contributed by atoms with Gasteiger partial charge in [0.25, 0.3) is 5.91 Å². The van der Waals surface area contributed by atoms with Crippen LogP contribution in [0.15, 0.2) is 42.5 Å². The Kier molecular flexibility index (Phi) is 4.42. The molecule has 0 aliphatic carbocycles. The van der Waals surface area contributed by atoms with E-state index >= 15 is 0 Å². The number of hydrogen-bond acceptors (Lipinski definition) is 4. The van der Waals surface area contributed by atoms with Crippen molar-refractivity contribution in [1.29, 1.82) is 5.26 Å². The van der Waals surface area contributed by atoms with Gasteiger partial charge >= 0.3 is 0 Å². The predicted molar refractivity (Wildman–Crippen MR) is 81.1 cm³/mol. The Morgan fingerprint density at radius 2 is 2.00 bits per heavy atom. The van der Waals surface area contributed by atoms with Crippen LogP contribution in [0.3, 0.4) is 0 Å². The zero-order chi connectivity index (χ0) is 15.2. The molecule has 0 unspecified atom stereocenters. The van der Waals surface area contributed by atoms with Crippen LogP contribution in [0, 0.1) is 18.3 Å². The van der Waals surface area contributed by atoms with Crippen LogP contribution in [0.2, 0.25) is 0 Å². The molecule has 3 N–H and O–H groups in total. The van der Waals surface area contributed by atoms with Gasteiger partial charge in [0.1, 0.15) is 11.8 Å². The smallest absolute Gasteiger partial charge is 0.255 e. The summed E-state index contributed by atoms with van der Waals surface area (Å²) in [6.07, 6.45) is 0. The normalized spacial score (nSPS) is 9.71. The van der Waals surface area contributed by atoms with E-state index in [1.807, 2.05) is 13.0 Å². The molecule has 0 radical (unpaired) electrons. The fraction of sp³-hybridized carbons (Fsp3) is 0.125. The van der Waals surface area contributed by atoms with E-state index in [0.29, 0.717) is 22.7 Å². The Hall–Kier alpha value is -3.00. The van der Waals surface area contributed by atoms with E-state index < -0.39 is 0 Å².